The molecule has 1 amide bonds. The summed E-state index contributed by atoms with van der Waals surface area (Å²) in [6, 6.07) is -0.984. The molecule has 0 radical (unpaired) electrons. The van der Waals surface area contributed by atoms with Gasteiger partial charge in [0, 0.05) is 19.4 Å². The maximum Gasteiger partial charge on any atom is 0.320 e. The van der Waals surface area contributed by atoms with Crippen LogP contribution in [0.15, 0.2) is 0 Å². The van der Waals surface area contributed by atoms with Crippen molar-refractivity contribution in [1.82, 2.24) is 25.7 Å². The molecular weight excluding hydrogens is 288 g/mol. The number of aliphatic carboxylic acids is 1. The molecule has 0 aliphatic carbocycles. The van der Waals surface area contributed by atoms with E-state index in [0.29, 0.717) is 24.6 Å². The van der Waals surface area contributed by atoms with E-state index >= 15 is 0 Å². The van der Waals surface area contributed by atoms with E-state index in [0.717, 1.165) is 19.3 Å². The molecule has 0 saturated carbocycles. The first-order valence-corrected chi connectivity index (χ1v) is 7.27. The lowest BCUT2D eigenvalue weighted by atomic mass is 10.1. The highest BCUT2D eigenvalue weighted by Gasteiger charge is 2.12. The highest BCUT2D eigenvalue weighted by atomic mass is 16.4. The number of carboxylic acids is 1. The third-order valence-corrected chi connectivity index (χ3v) is 3.02. The van der Waals surface area contributed by atoms with Crippen molar-refractivity contribution in [1.29, 1.82) is 0 Å². The number of unbranched alkanes of at least 4 members (excludes halogenated alkanes) is 2. The van der Waals surface area contributed by atoms with Crippen LogP contribution in [0.25, 0.3) is 0 Å². The molecule has 0 spiro atoms. The van der Waals surface area contributed by atoms with Gasteiger partial charge in [-0.25, -0.2) is 0 Å². The number of hydrogen-bond donors (Lipinski definition) is 3. The molecule has 0 aliphatic rings. The fraction of sp³-hybridized carbons (Fsp3) is 0.692. The van der Waals surface area contributed by atoms with Crippen molar-refractivity contribution in [3.63, 3.8) is 0 Å². The zero-order valence-electron chi connectivity index (χ0n) is 12.7. The van der Waals surface area contributed by atoms with Crippen molar-refractivity contribution in [3.8, 4) is 0 Å². The van der Waals surface area contributed by atoms with Crippen molar-refractivity contribution in [2.24, 2.45) is 5.73 Å². The summed E-state index contributed by atoms with van der Waals surface area (Å²) in [7, 11) is 0. The molecule has 0 aliphatic heterocycles. The topological polar surface area (TPSA) is 144 Å². The number of nitrogens with two attached hydrogens (primary N) is 1. The molecule has 1 heterocycles. The third kappa shape index (κ3) is 7.58. The van der Waals surface area contributed by atoms with Gasteiger partial charge in [0.2, 0.25) is 5.91 Å². The number of hydrogen-bond acceptors (Lipinski definition) is 7. The van der Waals surface area contributed by atoms with Crippen LogP contribution in [0.2, 0.25) is 0 Å². The molecule has 0 bridgehead atoms. The van der Waals surface area contributed by atoms with Gasteiger partial charge in [-0.1, -0.05) is 6.42 Å². The Morgan fingerprint density at radius 2 is 1.86 bits per heavy atom. The van der Waals surface area contributed by atoms with Gasteiger partial charge >= 0.3 is 5.97 Å². The van der Waals surface area contributed by atoms with E-state index in [9.17, 15) is 9.59 Å². The summed E-state index contributed by atoms with van der Waals surface area (Å²) >= 11 is 0. The van der Waals surface area contributed by atoms with Gasteiger partial charge in [-0.15, -0.1) is 20.4 Å². The third-order valence-electron chi connectivity index (χ3n) is 3.02. The lowest BCUT2D eigenvalue weighted by molar-refractivity contribution is -0.138. The largest absolute Gasteiger partial charge is 0.480 e. The number of nitrogens with one attached hydrogen (secondary N) is 1. The summed E-state index contributed by atoms with van der Waals surface area (Å²) in [5.41, 5.74) is 5.32. The summed E-state index contributed by atoms with van der Waals surface area (Å²) < 4.78 is 0. The molecule has 1 atom stereocenters. The van der Waals surface area contributed by atoms with Gasteiger partial charge in [-0.2, -0.15) is 0 Å². The summed E-state index contributed by atoms with van der Waals surface area (Å²) in [5.74, 6) is -0.0894. The van der Waals surface area contributed by atoms with E-state index in [1.165, 1.54) is 0 Å². The van der Waals surface area contributed by atoms with Crippen molar-refractivity contribution < 1.29 is 14.7 Å². The van der Waals surface area contributed by atoms with Crippen LogP contribution in [0.4, 0.5) is 0 Å². The zero-order chi connectivity index (χ0) is 16.4. The average molecular weight is 310 g/mol. The van der Waals surface area contributed by atoms with Gasteiger partial charge in [-0.05, 0) is 26.2 Å². The van der Waals surface area contributed by atoms with E-state index in [2.05, 4.69) is 25.7 Å². The van der Waals surface area contributed by atoms with Gasteiger partial charge in [0.25, 0.3) is 0 Å². The number of carbonyl (C=O) groups excluding carboxylic acids is 1. The van der Waals surface area contributed by atoms with Gasteiger partial charge in [0.15, 0.2) is 11.6 Å². The molecule has 1 aromatic rings. The molecule has 1 aromatic heterocycles. The predicted octanol–water partition coefficient (Wildman–Crippen LogP) is -0.404. The Labute approximate surface area is 128 Å². The number of carbonyl (C=O) groups is 2. The normalized spacial score (nSPS) is 11.9. The number of aryl methyl sites for hydroxylation is 2. The van der Waals surface area contributed by atoms with Crippen LogP contribution in [0.3, 0.4) is 0 Å². The van der Waals surface area contributed by atoms with E-state index < -0.39 is 12.0 Å². The van der Waals surface area contributed by atoms with Crippen LogP contribution in [-0.4, -0.2) is 50.0 Å². The van der Waals surface area contributed by atoms with E-state index in [1.54, 1.807) is 6.92 Å². The Kier molecular flexibility index (Phi) is 7.90. The van der Waals surface area contributed by atoms with E-state index in [1.807, 2.05) is 0 Å². The maximum absolute atomic E-state index is 11.5. The lowest BCUT2D eigenvalue weighted by Crippen LogP contribution is -2.32. The predicted molar refractivity (Wildman–Crippen MR) is 77.8 cm³/mol. The number of carboxylic acid groups (broad SMARTS) is 1. The molecule has 0 fully saturated rings. The number of nitrogens with zero attached hydrogens (tertiary/aromatic N) is 4. The molecule has 4 N–H and O–H groups in total. The molecule has 0 saturated heterocycles. The molecule has 122 valence electrons. The molecule has 1 unspecified atom stereocenters. The van der Waals surface area contributed by atoms with Crippen LogP contribution >= 0.6 is 0 Å². The van der Waals surface area contributed by atoms with Crippen LogP contribution in [0.1, 0.15) is 43.8 Å². The minimum atomic E-state index is -1.09. The standard InChI is InChI=1S/C13H22N6O3/c1-9-16-18-11(19-17-9)5-3-2-4-8-15-12(20)7-6-10(14)13(21)22/h10H,2-8,14H2,1H3,(H,15,20)(H,21,22). The first kappa shape index (κ1) is 17.9. The van der Waals surface area contributed by atoms with Crippen molar-refractivity contribution in [3.05, 3.63) is 11.6 Å². The fourth-order valence-electron chi connectivity index (χ4n) is 1.71. The van der Waals surface area contributed by atoms with Crippen LogP contribution in [0, 0.1) is 6.92 Å². The Balaban J connectivity index is 2.02. The molecule has 9 nitrogen and oxygen atoms in total. The van der Waals surface area contributed by atoms with Gasteiger partial charge in [0.05, 0.1) is 0 Å². The Hall–Kier alpha value is -2.16. The average Bonchev–Trinajstić information content (AvgIpc) is 2.49. The molecule has 9 heteroatoms. The van der Waals surface area contributed by atoms with Crippen molar-refractivity contribution >= 4 is 11.9 Å². The number of amides is 1. The monoisotopic (exact) mass is 310 g/mol. The minimum absolute atomic E-state index is 0.127. The van der Waals surface area contributed by atoms with E-state index in [-0.39, 0.29) is 18.7 Å². The minimum Gasteiger partial charge on any atom is -0.480 e. The summed E-state index contributed by atoms with van der Waals surface area (Å²) in [6.07, 6.45) is 3.64. The fourth-order valence-corrected chi connectivity index (χ4v) is 1.71. The first-order valence-electron chi connectivity index (χ1n) is 7.27. The summed E-state index contributed by atoms with van der Waals surface area (Å²) in [6.45, 7) is 2.29. The summed E-state index contributed by atoms with van der Waals surface area (Å²) in [4.78, 5) is 22.0. The molecule has 22 heavy (non-hydrogen) atoms. The Morgan fingerprint density at radius 1 is 1.18 bits per heavy atom. The van der Waals surface area contributed by atoms with Crippen LogP contribution in [0.5, 0.6) is 0 Å². The second kappa shape index (κ2) is 9.72. The van der Waals surface area contributed by atoms with Gasteiger partial charge < -0.3 is 16.2 Å². The van der Waals surface area contributed by atoms with Crippen molar-refractivity contribution in [2.45, 2.75) is 51.5 Å². The van der Waals surface area contributed by atoms with Crippen molar-refractivity contribution in [2.75, 3.05) is 6.54 Å². The second-order valence-corrected chi connectivity index (χ2v) is 5.01. The number of rotatable bonds is 10. The SMILES string of the molecule is Cc1nnc(CCCCCNC(=O)CCC(N)C(=O)O)nn1. The van der Waals surface area contributed by atoms with Crippen LogP contribution in [-0.2, 0) is 16.0 Å². The quantitative estimate of drug-likeness (QED) is 0.495. The second-order valence-electron chi connectivity index (χ2n) is 5.01. The molecule has 0 aromatic carbocycles. The lowest BCUT2D eigenvalue weighted by Gasteiger charge is -2.07. The maximum atomic E-state index is 11.5. The smallest absolute Gasteiger partial charge is 0.320 e. The zero-order valence-corrected chi connectivity index (χ0v) is 12.7. The van der Waals surface area contributed by atoms with Gasteiger partial charge in [0.1, 0.15) is 6.04 Å². The van der Waals surface area contributed by atoms with Gasteiger partial charge in [-0.3, -0.25) is 9.59 Å². The number of aromatic nitrogens is 4. The van der Waals surface area contributed by atoms with Crippen LogP contribution < -0.4 is 11.1 Å². The Bertz CT molecular complexity index is 479. The molecule has 1 rings (SSSR count). The highest BCUT2D eigenvalue weighted by molar-refractivity contribution is 5.78. The summed E-state index contributed by atoms with van der Waals surface area (Å²) in [5, 5.41) is 26.9. The Morgan fingerprint density at radius 3 is 2.50 bits per heavy atom. The molecular formula is C13H22N6O3. The highest BCUT2D eigenvalue weighted by Crippen LogP contribution is 2.00. The van der Waals surface area contributed by atoms with E-state index in [4.69, 9.17) is 10.8 Å². The first-order chi connectivity index (χ1) is 10.5.